The Morgan fingerprint density at radius 3 is 2.42 bits per heavy atom. The molecule has 1 aromatic heterocycles. The molecule has 10 heteroatoms. The maximum Gasteiger partial charge on any atom is 0.234 e. The van der Waals surface area contributed by atoms with Gasteiger partial charge in [-0.1, -0.05) is 60.3 Å². The molecule has 0 spiro atoms. The van der Waals surface area contributed by atoms with Crippen LogP contribution in [-0.4, -0.2) is 41.1 Å². The van der Waals surface area contributed by atoms with Crippen molar-refractivity contribution in [2.45, 2.75) is 11.7 Å². The maximum absolute atomic E-state index is 12.5. The van der Waals surface area contributed by atoms with Gasteiger partial charge in [0.05, 0.1) is 24.2 Å². The first-order chi connectivity index (χ1) is 15.8. The molecule has 33 heavy (non-hydrogen) atoms. The van der Waals surface area contributed by atoms with Crippen LogP contribution in [0.4, 0.5) is 11.4 Å². The Bertz CT molecular complexity index is 1390. The van der Waals surface area contributed by atoms with Crippen molar-refractivity contribution < 1.29 is 13.2 Å². The van der Waals surface area contributed by atoms with E-state index in [0.717, 1.165) is 22.7 Å². The Balaban J connectivity index is 1.41. The Kier molecular flexibility index (Phi) is 6.66. The number of carbonyl (C=O) groups excluding carboxylic acids is 1. The first-order valence-corrected chi connectivity index (χ1v) is 13.0. The van der Waals surface area contributed by atoms with Crippen LogP contribution in [0.3, 0.4) is 0 Å². The van der Waals surface area contributed by atoms with Crippen molar-refractivity contribution in [2.24, 2.45) is 7.05 Å². The van der Waals surface area contributed by atoms with Crippen molar-refractivity contribution in [1.82, 2.24) is 14.8 Å². The van der Waals surface area contributed by atoms with Crippen LogP contribution in [0.5, 0.6) is 0 Å². The molecule has 0 aliphatic rings. The number of sulfonamides is 1. The fourth-order valence-corrected chi connectivity index (χ4v) is 4.91. The lowest BCUT2D eigenvalue weighted by molar-refractivity contribution is -0.113. The van der Waals surface area contributed by atoms with Crippen molar-refractivity contribution in [2.75, 3.05) is 21.6 Å². The molecule has 3 aromatic carbocycles. The first-order valence-electron chi connectivity index (χ1n) is 10.1. The minimum Gasteiger partial charge on any atom is -0.325 e. The largest absolute Gasteiger partial charge is 0.325 e. The quantitative estimate of drug-likeness (QED) is 0.386. The van der Waals surface area contributed by atoms with Gasteiger partial charge in [0.2, 0.25) is 15.9 Å². The second-order valence-corrected chi connectivity index (χ2v) is 10.3. The van der Waals surface area contributed by atoms with Gasteiger partial charge in [-0.3, -0.25) is 9.10 Å². The molecule has 0 saturated heterocycles. The van der Waals surface area contributed by atoms with Gasteiger partial charge < -0.3 is 9.88 Å². The third kappa shape index (κ3) is 5.52. The van der Waals surface area contributed by atoms with Crippen LogP contribution in [0, 0.1) is 0 Å². The van der Waals surface area contributed by atoms with Crippen LogP contribution >= 0.6 is 11.8 Å². The van der Waals surface area contributed by atoms with E-state index in [2.05, 4.69) is 15.5 Å². The number of hydrogen-bond acceptors (Lipinski definition) is 6. The lowest BCUT2D eigenvalue weighted by Crippen LogP contribution is -2.30. The van der Waals surface area contributed by atoms with E-state index < -0.39 is 10.0 Å². The molecule has 4 rings (SSSR count). The number of benzene rings is 3. The van der Waals surface area contributed by atoms with Gasteiger partial charge in [0.1, 0.15) is 0 Å². The molecular weight excluding hydrogens is 458 g/mol. The number of fused-ring (bicyclic) bond motifs is 1. The number of anilines is 2. The fraction of sp³-hybridized carbons (Fsp3) is 0.174. The SMILES string of the molecule is Cn1c(CN(c2ccccc2)S(C)(=O)=O)nnc1SCC(=O)Nc1ccc2ccccc2c1. The first kappa shape index (κ1) is 22.8. The summed E-state index contributed by atoms with van der Waals surface area (Å²) in [5.41, 5.74) is 1.27. The molecule has 0 fully saturated rings. The number of hydrogen-bond donors (Lipinski definition) is 1. The average molecular weight is 482 g/mol. The normalized spacial score (nSPS) is 11.5. The molecule has 0 aliphatic carbocycles. The number of nitrogens with one attached hydrogen (secondary N) is 1. The molecule has 0 aliphatic heterocycles. The van der Waals surface area contributed by atoms with Gasteiger partial charge in [-0.15, -0.1) is 10.2 Å². The van der Waals surface area contributed by atoms with Gasteiger partial charge in [-0.05, 0) is 35.0 Å². The standard InChI is InChI=1S/C23H23N5O3S2/c1-27-21(15-28(33(2,30)31)20-10-4-3-5-11-20)25-26-23(27)32-16-22(29)24-19-13-12-17-8-6-7-9-18(17)14-19/h3-14H,15-16H2,1-2H3,(H,24,29). The smallest absolute Gasteiger partial charge is 0.234 e. The van der Waals surface area contributed by atoms with Crippen LogP contribution in [0.15, 0.2) is 78.0 Å². The molecular formula is C23H23N5O3S2. The molecule has 0 radical (unpaired) electrons. The molecule has 170 valence electrons. The Hall–Kier alpha value is -3.37. The zero-order valence-electron chi connectivity index (χ0n) is 18.2. The molecule has 1 amide bonds. The van der Waals surface area contributed by atoms with Crippen LogP contribution in [0.2, 0.25) is 0 Å². The van der Waals surface area contributed by atoms with Crippen molar-refractivity contribution >= 4 is 49.8 Å². The van der Waals surface area contributed by atoms with Gasteiger partial charge in [0.15, 0.2) is 11.0 Å². The highest BCUT2D eigenvalue weighted by atomic mass is 32.2. The van der Waals surface area contributed by atoms with Gasteiger partial charge in [-0.25, -0.2) is 8.42 Å². The van der Waals surface area contributed by atoms with Crippen LogP contribution < -0.4 is 9.62 Å². The number of rotatable bonds is 8. The van der Waals surface area contributed by atoms with Crippen molar-refractivity contribution in [1.29, 1.82) is 0 Å². The summed E-state index contributed by atoms with van der Waals surface area (Å²) in [4.78, 5) is 12.5. The molecule has 8 nitrogen and oxygen atoms in total. The lowest BCUT2D eigenvalue weighted by atomic mass is 10.1. The lowest BCUT2D eigenvalue weighted by Gasteiger charge is -2.21. The summed E-state index contributed by atoms with van der Waals surface area (Å²) in [5.74, 6) is 0.455. The predicted molar refractivity (Wildman–Crippen MR) is 132 cm³/mol. The van der Waals surface area contributed by atoms with E-state index in [9.17, 15) is 13.2 Å². The van der Waals surface area contributed by atoms with Crippen LogP contribution in [0.25, 0.3) is 10.8 Å². The second kappa shape index (κ2) is 9.63. The van der Waals surface area contributed by atoms with Gasteiger partial charge >= 0.3 is 0 Å². The van der Waals surface area contributed by atoms with Crippen LogP contribution in [0.1, 0.15) is 5.82 Å². The van der Waals surface area contributed by atoms with E-state index in [1.807, 2.05) is 48.5 Å². The minimum absolute atomic E-state index is 0.0379. The Labute approximate surface area is 196 Å². The molecule has 1 N–H and O–H groups in total. The van der Waals surface area contributed by atoms with E-state index >= 15 is 0 Å². The van der Waals surface area contributed by atoms with Gasteiger partial charge in [0.25, 0.3) is 0 Å². The number of thioether (sulfide) groups is 1. The third-order valence-corrected chi connectivity index (χ3v) is 7.18. The Morgan fingerprint density at radius 2 is 1.70 bits per heavy atom. The Morgan fingerprint density at radius 1 is 1.00 bits per heavy atom. The molecule has 0 atom stereocenters. The number of carbonyl (C=O) groups is 1. The topological polar surface area (TPSA) is 97.2 Å². The van der Waals surface area contributed by atoms with Gasteiger partial charge in [-0.2, -0.15) is 0 Å². The summed E-state index contributed by atoms with van der Waals surface area (Å²) in [6.07, 6.45) is 1.16. The number of nitrogens with zero attached hydrogens (tertiary/aromatic N) is 4. The summed E-state index contributed by atoms with van der Waals surface area (Å²) in [7, 11) is -1.76. The highest BCUT2D eigenvalue weighted by Crippen LogP contribution is 2.23. The number of para-hydroxylation sites is 1. The number of amides is 1. The van der Waals surface area contributed by atoms with E-state index in [1.54, 1.807) is 35.9 Å². The summed E-state index contributed by atoms with van der Waals surface area (Å²) in [6.45, 7) is 0.0379. The number of aromatic nitrogens is 3. The molecule has 0 unspecified atom stereocenters. The highest BCUT2D eigenvalue weighted by Gasteiger charge is 2.21. The highest BCUT2D eigenvalue weighted by molar-refractivity contribution is 7.99. The van der Waals surface area contributed by atoms with Crippen molar-refractivity contribution in [3.8, 4) is 0 Å². The van der Waals surface area contributed by atoms with E-state index in [-0.39, 0.29) is 18.2 Å². The third-order valence-electron chi connectivity index (χ3n) is 5.02. The fourth-order valence-electron chi connectivity index (χ4n) is 3.33. The van der Waals surface area contributed by atoms with E-state index in [0.29, 0.717) is 16.7 Å². The maximum atomic E-state index is 12.5. The molecule has 0 bridgehead atoms. The predicted octanol–water partition coefficient (Wildman–Crippen LogP) is 3.67. The van der Waals surface area contributed by atoms with Crippen molar-refractivity contribution in [3.05, 3.63) is 78.6 Å². The summed E-state index contributed by atoms with van der Waals surface area (Å²) in [5, 5.41) is 13.9. The van der Waals surface area contributed by atoms with E-state index in [1.165, 1.54) is 16.1 Å². The van der Waals surface area contributed by atoms with Crippen molar-refractivity contribution in [3.63, 3.8) is 0 Å². The summed E-state index contributed by atoms with van der Waals surface area (Å²) >= 11 is 1.24. The second-order valence-electron chi connectivity index (χ2n) is 7.46. The summed E-state index contributed by atoms with van der Waals surface area (Å²) in [6, 6.07) is 22.5. The monoisotopic (exact) mass is 481 g/mol. The average Bonchev–Trinajstić information content (AvgIpc) is 3.15. The zero-order valence-corrected chi connectivity index (χ0v) is 19.8. The zero-order chi connectivity index (χ0) is 23.4. The summed E-state index contributed by atoms with van der Waals surface area (Å²) < 4.78 is 27.6. The van der Waals surface area contributed by atoms with Crippen LogP contribution in [-0.2, 0) is 28.4 Å². The molecule has 4 aromatic rings. The minimum atomic E-state index is -3.52. The molecule has 0 saturated carbocycles. The van der Waals surface area contributed by atoms with Gasteiger partial charge in [0, 0.05) is 12.7 Å². The van der Waals surface area contributed by atoms with E-state index in [4.69, 9.17) is 0 Å². The molecule has 1 heterocycles.